The van der Waals surface area contributed by atoms with Crippen molar-refractivity contribution < 1.29 is 13.5 Å². The molecule has 0 aromatic carbocycles. The second-order valence-electron chi connectivity index (χ2n) is 5.64. The molecule has 0 saturated heterocycles. The molecule has 2 N–H and O–H groups in total. The van der Waals surface area contributed by atoms with Crippen molar-refractivity contribution in [2.24, 2.45) is 11.3 Å². The predicted octanol–water partition coefficient (Wildman–Crippen LogP) is 1.36. The molecule has 0 aliphatic rings. The summed E-state index contributed by atoms with van der Waals surface area (Å²) in [5, 5.41) is 8.81. The van der Waals surface area contributed by atoms with Crippen LogP contribution in [0.25, 0.3) is 0 Å². The molecule has 4 nitrogen and oxygen atoms in total. The van der Waals surface area contributed by atoms with Crippen molar-refractivity contribution in [3.8, 4) is 0 Å². The minimum atomic E-state index is -3.16. The third-order valence-corrected chi connectivity index (χ3v) is 4.02. The Balaban J connectivity index is 3.84. The van der Waals surface area contributed by atoms with Gasteiger partial charge in [0.15, 0.2) is 0 Å². The molecule has 0 saturated carbocycles. The van der Waals surface area contributed by atoms with Gasteiger partial charge < -0.3 is 5.11 Å². The van der Waals surface area contributed by atoms with E-state index >= 15 is 0 Å². The molecular formula is C11H25NO3S. The van der Waals surface area contributed by atoms with Gasteiger partial charge in [0.25, 0.3) is 0 Å². The monoisotopic (exact) mass is 251 g/mol. The maximum Gasteiger partial charge on any atom is 0.212 e. The fourth-order valence-electron chi connectivity index (χ4n) is 1.39. The minimum absolute atomic E-state index is 0.148. The van der Waals surface area contributed by atoms with Crippen LogP contribution in [0.3, 0.4) is 0 Å². The van der Waals surface area contributed by atoms with E-state index in [1.807, 2.05) is 27.7 Å². The molecule has 0 amide bonds. The summed E-state index contributed by atoms with van der Waals surface area (Å²) in [6.07, 6.45) is 1.61. The van der Waals surface area contributed by atoms with Crippen LogP contribution < -0.4 is 4.72 Å². The van der Waals surface area contributed by atoms with E-state index in [0.717, 1.165) is 12.8 Å². The highest BCUT2D eigenvalue weighted by atomic mass is 32.2. The Bertz CT molecular complexity index is 280. The quantitative estimate of drug-likeness (QED) is 0.671. The van der Waals surface area contributed by atoms with E-state index in [9.17, 15) is 8.42 Å². The second-order valence-corrected chi connectivity index (χ2v) is 7.45. The fourth-order valence-corrected chi connectivity index (χ4v) is 3.09. The van der Waals surface area contributed by atoms with Crippen molar-refractivity contribution in [3.63, 3.8) is 0 Å². The van der Waals surface area contributed by atoms with E-state index in [2.05, 4.69) is 4.72 Å². The lowest BCUT2D eigenvalue weighted by Gasteiger charge is -2.18. The molecule has 16 heavy (non-hydrogen) atoms. The van der Waals surface area contributed by atoms with Gasteiger partial charge in [0.05, 0.1) is 5.75 Å². The van der Waals surface area contributed by atoms with E-state index in [1.165, 1.54) is 0 Å². The number of aliphatic hydroxyl groups excluding tert-OH is 1. The highest BCUT2D eigenvalue weighted by Crippen LogP contribution is 2.15. The first-order valence-corrected chi connectivity index (χ1v) is 7.40. The van der Waals surface area contributed by atoms with E-state index in [1.54, 1.807) is 0 Å². The van der Waals surface area contributed by atoms with E-state index < -0.39 is 10.0 Å². The van der Waals surface area contributed by atoms with Crippen molar-refractivity contribution >= 4 is 10.0 Å². The summed E-state index contributed by atoms with van der Waals surface area (Å²) >= 11 is 0. The molecule has 0 spiro atoms. The lowest BCUT2D eigenvalue weighted by Crippen LogP contribution is -2.33. The molecule has 0 aliphatic heterocycles. The van der Waals surface area contributed by atoms with Crippen LogP contribution in [0, 0.1) is 11.3 Å². The Kier molecular flexibility index (Phi) is 6.51. The summed E-state index contributed by atoms with van der Waals surface area (Å²) in [5.74, 6) is 0.391. The van der Waals surface area contributed by atoms with Gasteiger partial charge in [-0.15, -0.1) is 0 Å². The number of sulfonamides is 1. The molecule has 0 radical (unpaired) electrons. The Labute approximate surface area is 99.5 Å². The van der Waals surface area contributed by atoms with Crippen molar-refractivity contribution in [2.45, 2.75) is 40.5 Å². The van der Waals surface area contributed by atoms with Gasteiger partial charge in [-0.25, -0.2) is 13.1 Å². The summed E-state index contributed by atoms with van der Waals surface area (Å²) in [7, 11) is -3.16. The van der Waals surface area contributed by atoms with E-state index in [0.29, 0.717) is 6.54 Å². The lowest BCUT2D eigenvalue weighted by atomic mass is 10.0. The average Bonchev–Trinajstić information content (AvgIpc) is 2.08. The minimum Gasteiger partial charge on any atom is -0.396 e. The topological polar surface area (TPSA) is 66.4 Å². The summed E-state index contributed by atoms with van der Waals surface area (Å²) in [5.41, 5.74) is -0.218. The van der Waals surface area contributed by atoms with Crippen LogP contribution in [0.15, 0.2) is 0 Å². The molecule has 0 aromatic heterocycles. The summed E-state index contributed by atoms with van der Waals surface area (Å²) in [4.78, 5) is 0. The Morgan fingerprint density at radius 1 is 1.31 bits per heavy atom. The van der Waals surface area contributed by atoms with Crippen molar-refractivity contribution in [1.82, 2.24) is 4.72 Å². The standard InChI is InChI=1S/C11H25NO3S/c1-10(8-13)6-5-7-12-16(14,15)9-11(2,3)4/h10,12-13H,5-9H2,1-4H3. The third kappa shape index (κ3) is 9.12. The highest BCUT2D eigenvalue weighted by molar-refractivity contribution is 7.89. The van der Waals surface area contributed by atoms with Gasteiger partial charge in [-0.3, -0.25) is 0 Å². The third-order valence-electron chi connectivity index (χ3n) is 2.13. The molecule has 0 aromatic rings. The summed E-state index contributed by atoms with van der Waals surface area (Å²) in [6, 6.07) is 0. The summed E-state index contributed by atoms with van der Waals surface area (Å²) < 4.78 is 25.8. The molecule has 98 valence electrons. The largest absolute Gasteiger partial charge is 0.396 e. The Morgan fingerprint density at radius 3 is 2.31 bits per heavy atom. The molecule has 0 fully saturated rings. The van der Waals surface area contributed by atoms with Gasteiger partial charge >= 0.3 is 0 Å². The van der Waals surface area contributed by atoms with Crippen molar-refractivity contribution in [2.75, 3.05) is 18.9 Å². The Hall–Kier alpha value is -0.130. The van der Waals surface area contributed by atoms with E-state index in [-0.39, 0.29) is 23.7 Å². The number of hydrogen-bond donors (Lipinski definition) is 2. The van der Waals surface area contributed by atoms with Crippen LogP contribution in [0.1, 0.15) is 40.5 Å². The van der Waals surface area contributed by atoms with Crippen LogP contribution in [0.5, 0.6) is 0 Å². The predicted molar refractivity (Wildman–Crippen MR) is 66.7 cm³/mol. The SMILES string of the molecule is CC(CO)CCCNS(=O)(=O)CC(C)(C)C. The first-order chi connectivity index (χ1) is 7.16. The maximum atomic E-state index is 11.6. The van der Waals surface area contributed by atoms with Gasteiger partial charge in [-0.1, -0.05) is 27.7 Å². The molecule has 0 rings (SSSR count). The average molecular weight is 251 g/mol. The van der Waals surface area contributed by atoms with E-state index in [4.69, 9.17) is 5.11 Å². The zero-order valence-electron chi connectivity index (χ0n) is 10.8. The first kappa shape index (κ1) is 15.9. The zero-order valence-corrected chi connectivity index (χ0v) is 11.6. The first-order valence-electron chi connectivity index (χ1n) is 5.74. The van der Waals surface area contributed by atoms with Crippen molar-refractivity contribution in [3.05, 3.63) is 0 Å². The van der Waals surface area contributed by atoms with Crippen LogP contribution in [-0.2, 0) is 10.0 Å². The number of aliphatic hydroxyl groups is 1. The normalized spacial score (nSPS) is 15.1. The van der Waals surface area contributed by atoms with Gasteiger partial charge in [0.2, 0.25) is 10.0 Å². The fraction of sp³-hybridized carbons (Fsp3) is 1.00. The molecule has 1 atom stereocenters. The smallest absolute Gasteiger partial charge is 0.212 e. The van der Waals surface area contributed by atoms with Crippen molar-refractivity contribution in [1.29, 1.82) is 0 Å². The van der Waals surface area contributed by atoms with Crippen LogP contribution >= 0.6 is 0 Å². The van der Waals surface area contributed by atoms with Gasteiger partial charge in [0, 0.05) is 13.2 Å². The molecule has 1 unspecified atom stereocenters. The second kappa shape index (κ2) is 6.57. The molecule has 0 bridgehead atoms. The summed E-state index contributed by atoms with van der Waals surface area (Å²) in [6.45, 7) is 8.28. The highest BCUT2D eigenvalue weighted by Gasteiger charge is 2.20. The van der Waals surface area contributed by atoms with Gasteiger partial charge in [-0.05, 0) is 24.2 Å². The molecule has 0 aliphatic carbocycles. The zero-order chi connectivity index (χ0) is 12.8. The van der Waals surface area contributed by atoms with Gasteiger partial charge in [-0.2, -0.15) is 0 Å². The molecule has 0 heterocycles. The molecular weight excluding hydrogens is 226 g/mol. The number of rotatable bonds is 7. The van der Waals surface area contributed by atoms with Crippen LogP contribution in [0.4, 0.5) is 0 Å². The maximum absolute atomic E-state index is 11.6. The molecule has 5 heteroatoms. The Morgan fingerprint density at radius 2 is 1.88 bits per heavy atom. The van der Waals surface area contributed by atoms with Gasteiger partial charge in [0.1, 0.15) is 0 Å². The number of hydrogen-bond acceptors (Lipinski definition) is 3. The van der Waals surface area contributed by atoms with Crippen LogP contribution in [0.2, 0.25) is 0 Å². The lowest BCUT2D eigenvalue weighted by molar-refractivity contribution is 0.228. The van der Waals surface area contributed by atoms with Crippen LogP contribution in [-0.4, -0.2) is 32.4 Å². The number of nitrogens with one attached hydrogen (secondary N) is 1.